The molecule has 2 rings (SSSR count). The largest absolute Gasteiger partial charge is 0.370 e. The molecule has 0 aliphatic heterocycles. The van der Waals surface area contributed by atoms with Crippen molar-refractivity contribution in [2.45, 2.75) is 18.9 Å². The lowest BCUT2D eigenvalue weighted by molar-refractivity contribution is 0.0954. The van der Waals surface area contributed by atoms with Gasteiger partial charge in [-0.25, -0.2) is 0 Å². The molecule has 1 saturated carbocycles. The summed E-state index contributed by atoms with van der Waals surface area (Å²) >= 11 is 0. The van der Waals surface area contributed by atoms with E-state index in [2.05, 4.69) is 15.3 Å². The second-order valence-corrected chi connectivity index (χ2v) is 4.58. The topological polar surface area (TPSA) is 83.6 Å². The van der Waals surface area contributed by atoms with Gasteiger partial charge in [0.05, 0.1) is 12.1 Å². The summed E-state index contributed by atoms with van der Waals surface area (Å²) in [6.07, 6.45) is 5.54. The van der Waals surface area contributed by atoms with Crippen LogP contribution in [0, 0.1) is 0 Å². The molecule has 1 amide bonds. The first-order valence-corrected chi connectivity index (χ1v) is 6.39. The van der Waals surface area contributed by atoms with E-state index in [1.807, 2.05) is 11.9 Å². The Hall–Kier alpha value is -1.38. The first kappa shape index (κ1) is 16.7. The van der Waals surface area contributed by atoms with E-state index in [4.69, 9.17) is 5.73 Å². The number of halogens is 1. The van der Waals surface area contributed by atoms with Gasteiger partial charge in [0.1, 0.15) is 0 Å². The van der Waals surface area contributed by atoms with Crippen molar-refractivity contribution in [2.24, 2.45) is 10.7 Å². The molecule has 0 unspecified atom stereocenters. The fourth-order valence-corrected chi connectivity index (χ4v) is 1.70. The average molecular weight is 389 g/mol. The Kier molecular flexibility index (Phi) is 6.69. The van der Waals surface area contributed by atoms with Crippen LogP contribution in [0.25, 0.3) is 0 Å². The SMILES string of the molecule is CN(C(N)=NCCNC(=O)c1cccnc1)C1CC1.I. The highest BCUT2D eigenvalue weighted by molar-refractivity contribution is 14.0. The zero-order valence-electron chi connectivity index (χ0n) is 11.5. The van der Waals surface area contributed by atoms with Crippen LogP contribution in [0.1, 0.15) is 23.2 Å². The molecule has 1 aliphatic carbocycles. The van der Waals surface area contributed by atoms with Crippen LogP contribution in [0.5, 0.6) is 0 Å². The normalized spacial score (nSPS) is 14.3. The number of hydrogen-bond donors (Lipinski definition) is 2. The third-order valence-electron chi connectivity index (χ3n) is 3.05. The zero-order valence-corrected chi connectivity index (χ0v) is 13.8. The lowest BCUT2D eigenvalue weighted by Gasteiger charge is -2.16. The highest BCUT2D eigenvalue weighted by atomic mass is 127. The lowest BCUT2D eigenvalue weighted by Crippen LogP contribution is -2.36. The molecular weight excluding hydrogens is 369 g/mol. The third-order valence-corrected chi connectivity index (χ3v) is 3.05. The number of carbonyl (C=O) groups is 1. The monoisotopic (exact) mass is 389 g/mol. The van der Waals surface area contributed by atoms with Gasteiger partial charge in [0.2, 0.25) is 0 Å². The van der Waals surface area contributed by atoms with Gasteiger partial charge in [-0.2, -0.15) is 0 Å². The van der Waals surface area contributed by atoms with Crippen molar-refractivity contribution < 1.29 is 4.79 Å². The minimum Gasteiger partial charge on any atom is -0.370 e. The van der Waals surface area contributed by atoms with E-state index in [0.29, 0.717) is 30.7 Å². The van der Waals surface area contributed by atoms with Crippen molar-refractivity contribution in [3.8, 4) is 0 Å². The van der Waals surface area contributed by atoms with Gasteiger partial charge in [-0.05, 0) is 25.0 Å². The van der Waals surface area contributed by atoms with Gasteiger partial charge in [-0.3, -0.25) is 14.8 Å². The number of hydrogen-bond acceptors (Lipinski definition) is 3. The highest BCUT2D eigenvalue weighted by Gasteiger charge is 2.27. The highest BCUT2D eigenvalue weighted by Crippen LogP contribution is 2.24. The Bertz CT molecular complexity index is 461. The van der Waals surface area contributed by atoms with Gasteiger partial charge in [0.15, 0.2) is 5.96 Å². The van der Waals surface area contributed by atoms with Crippen LogP contribution >= 0.6 is 24.0 Å². The minimum atomic E-state index is -0.141. The Labute approximate surface area is 135 Å². The second-order valence-electron chi connectivity index (χ2n) is 4.58. The fourth-order valence-electron chi connectivity index (χ4n) is 1.70. The first-order valence-electron chi connectivity index (χ1n) is 6.39. The number of nitrogens with one attached hydrogen (secondary N) is 1. The smallest absolute Gasteiger partial charge is 0.252 e. The van der Waals surface area contributed by atoms with Crippen molar-refractivity contribution in [2.75, 3.05) is 20.1 Å². The van der Waals surface area contributed by atoms with E-state index in [1.165, 1.54) is 19.0 Å². The Morgan fingerprint density at radius 1 is 1.60 bits per heavy atom. The molecule has 1 aromatic rings. The molecule has 6 nitrogen and oxygen atoms in total. The maximum Gasteiger partial charge on any atom is 0.252 e. The third kappa shape index (κ3) is 4.95. The molecule has 0 radical (unpaired) electrons. The van der Waals surface area contributed by atoms with Crippen molar-refractivity contribution in [1.29, 1.82) is 0 Å². The summed E-state index contributed by atoms with van der Waals surface area (Å²) in [5.74, 6) is 0.399. The van der Waals surface area contributed by atoms with Gasteiger partial charge in [-0.1, -0.05) is 0 Å². The average Bonchev–Trinajstić information content (AvgIpc) is 3.27. The first-order chi connectivity index (χ1) is 9.18. The molecule has 1 fully saturated rings. The fraction of sp³-hybridized carbons (Fsp3) is 0.462. The Balaban J connectivity index is 0.00000200. The molecular formula is C13H20IN5O. The van der Waals surface area contributed by atoms with E-state index in [-0.39, 0.29) is 29.9 Å². The number of aromatic nitrogens is 1. The minimum absolute atomic E-state index is 0. The molecule has 3 N–H and O–H groups in total. The predicted octanol–water partition coefficient (Wildman–Crippen LogP) is 0.838. The van der Waals surface area contributed by atoms with E-state index in [1.54, 1.807) is 18.3 Å². The van der Waals surface area contributed by atoms with Gasteiger partial charge in [0, 0.05) is 32.0 Å². The van der Waals surface area contributed by atoms with Crippen molar-refractivity contribution in [3.63, 3.8) is 0 Å². The number of nitrogens with zero attached hydrogens (tertiary/aromatic N) is 3. The molecule has 0 saturated heterocycles. The van der Waals surface area contributed by atoms with Crippen molar-refractivity contribution in [1.82, 2.24) is 15.2 Å². The molecule has 0 bridgehead atoms. The lowest BCUT2D eigenvalue weighted by atomic mass is 10.3. The van der Waals surface area contributed by atoms with Crippen molar-refractivity contribution >= 4 is 35.8 Å². The van der Waals surface area contributed by atoms with E-state index >= 15 is 0 Å². The summed E-state index contributed by atoms with van der Waals surface area (Å²) < 4.78 is 0. The molecule has 1 heterocycles. The zero-order chi connectivity index (χ0) is 13.7. The van der Waals surface area contributed by atoms with Crippen LogP contribution in [0.2, 0.25) is 0 Å². The predicted molar refractivity (Wildman–Crippen MR) is 89.3 cm³/mol. The van der Waals surface area contributed by atoms with Crippen LogP contribution < -0.4 is 11.1 Å². The number of carbonyl (C=O) groups excluding carboxylic acids is 1. The number of nitrogens with two attached hydrogens (primary N) is 1. The standard InChI is InChI=1S/C13H19N5O.HI/c1-18(11-4-5-11)13(14)17-8-7-16-12(19)10-3-2-6-15-9-10;/h2-3,6,9,11H,4-5,7-8H2,1H3,(H2,14,17)(H,16,19);1H. The Morgan fingerprint density at radius 2 is 2.35 bits per heavy atom. The number of amides is 1. The van der Waals surface area contributed by atoms with Crippen LogP contribution in [0.4, 0.5) is 0 Å². The molecule has 0 aromatic carbocycles. The summed E-state index contributed by atoms with van der Waals surface area (Å²) in [4.78, 5) is 21.8. The molecule has 1 aliphatic rings. The summed E-state index contributed by atoms with van der Waals surface area (Å²) in [5, 5.41) is 2.78. The van der Waals surface area contributed by atoms with Gasteiger partial charge in [0.25, 0.3) is 5.91 Å². The maximum atomic E-state index is 11.7. The molecule has 20 heavy (non-hydrogen) atoms. The molecule has 7 heteroatoms. The van der Waals surface area contributed by atoms with Gasteiger partial charge >= 0.3 is 0 Å². The van der Waals surface area contributed by atoms with Crippen LogP contribution in [-0.2, 0) is 0 Å². The summed E-state index contributed by atoms with van der Waals surface area (Å²) in [6, 6.07) is 4.00. The van der Waals surface area contributed by atoms with E-state index in [9.17, 15) is 4.79 Å². The van der Waals surface area contributed by atoms with E-state index in [0.717, 1.165) is 0 Å². The van der Waals surface area contributed by atoms with Gasteiger partial charge in [-0.15, -0.1) is 24.0 Å². The number of pyridine rings is 1. The molecule has 110 valence electrons. The maximum absolute atomic E-state index is 11.7. The number of rotatable bonds is 5. The van der Waals surface area contributed by atoms with Gasteiger partial charge < -0.3 is 16.0 Å². The molecule has 0 atom stereocenters. The quantitative estimate of drug-likeness (QED) is 0.338. The van der Waals surface area contributed by atoms with Crippen LogP contribution in [-0.4, -0.2) is 47.9 Å². The molecule has 1 aromatic heterocycles. The summed E-state index contributed by atoms with van der Waals surface area (Å²) in [5.41, 5.74) is 6.39. The Morgan fingerprint density at radius 3 is 2.95 bits per heavy atom. The summed E-state index contributed by atoms with van der Waals surface area (Å²) in [6.45, 7) is 0.946. The molecule has 0 spiro atoms. The van der Waals surface area contributed by atoms with Crippen LogP contribution in [0.3, 0.4) is 0 Å². The van der Waals surface area contributed by atoms with Crippen molar-refractivity contribution in [3.05, 3.63) is 30.1 Å². The van der Waals surface area contributed by atoms with E-state index < -0.39 is 0 Å². The summed E-state index contributed by atoms with van der Waals surface area (Å²) in [7, 11) is 1.95. The number of aliphatic imine (C=N–C) groups is 1. The van der Waals surface area contributed by atoms with Crippen LogP contribution in [0.15, 0.2) is 29.5 Å². The number of guanidine groups is 1. The second kappa shape index (κ2) is 8.03.